The van der Waals surface area contributed by atoms with Crippen molar-refractivity contribution < 1.29 is 0 Å². The number of thiazole rings is 1. The molecule has 18 heavy (non-hydrogen) atoms. The van der Waals surface area contributed by atoms with Crippen LogP contribution in [0.2, 0.25) is 0 Å². The Morgan fingerprint density at radius 1 is 1.50 bits per heavy atom. The minimum Gasteiger partial charge on any atom is -0.306 e. The maximum atomic E-state index is 4.89. The van der Waals surface area contributed by atoms with Crippen LogP contribution in [-0.2, 0) is 13.0 Å². The molecule has 1 saturated heterocycles. The van der Waals surface area contributed by atoms with E-state index in [-0.39, 0.29) is 0 Å². The zero-order valence-corrected chi connectivity index (χ0v) is 12.6. The molecule has 1 N–H and O–H groups in total. The van der Waals surface area contributed by atoms with Gasteiger partial charge in [-0.15, -0.1) is 11.3 Å². The van der Waals surface area contributed by atoms with Crippen LogP contribution in [0.3, 0.4) is 0 Å². The van der Waals surface area contributed by atoms with Crippen molar-refractivity contribution in [2.24, 2.45) is 0 Å². The summed E-state index contributed by atoms with van der Waals surface area (Å²) < 4.78 is 0. The van der Waals surface area contributed by atoms with Gasteiger partial charge in [0.25, 0.3) is 0 Å². The van der Waals surface area contributed by atoms with Gasteiger partial charge in [0.15, 0.2) is 0 Å². The van der Waals surface area contributed by atoms with Crippen molar-refractivity contribution in [1.29, 1.82) is 0 Å². The van der Waals surface area contributed by atoms with E-state index in [0.29, 0.717) is 6.04 Å². The second kappa shape index (κ2) is 5.90. The lowest BCUT2D eigenvalue weighted by molar-refractivity contribution is 0.256. The summed E-state index contributed by atoms with van der Waals surface area (Å²) in [4.78, 5) is 8.96. The van der Waals surface area contributed by atoms with Crippen molar-refractivity contribution in [2.75, 3.05) is 31.1 Å². The number of hydrogen-bond donors (Lipinski definition) is 1. The Hall–Kier alpha value is -0.100. The molecule has 100 valence electrons. The molecule has 2 aliphatic rings. The van der Waals surface area contributed by atoms with Gasteiger partial charge in [-0.25, -0.2) is 4.98 Å². The van der Waals surface area contributed by atoms with E-state index in [9.17, 15) is 0 Å². The van der Waals surface area contributed by atoms with Gasteiger partial charge in [-0.3, -0.25) is 4.90 Å². The highest BCUT2D eigenvalue weighted by Gasteiger charge is 2.24. The van der Waals surface area contributed by atoms with Gasteiger partial charge in [0, 0.05) is 42.4 Å². The molecule has 1 atom stereocenters. The van der Waals surface area contributed by atoms with E-state index in [4.69, 9.17) is 4.98 Å². The molecule has 0 saturated carbocycles. The number of hydrogen-bond acceptors (Lipinski definition) is 5. The molecule has 0 spiro atoms. The predicted octanol–water partition coefficient (Wildman–Crippen LogP) is 2.29. The Balaban J connectivity index is 1.72. The first-order chi connectivity index (χ1) is 8.86. The average molecular weight is 283 g/mol. The molecular formula is C13H21N3S2. The van der Waals surface area contributed by atoms with Gasteiger partial charge in [-0.2, -0.15) is 11.8 Å². The fraction of sp³-hybridized carbons (Fsp3) is 0.769. The third-order valence-electron chi connectivity index (χ3n) is 3.59. The molecule has 5 heteroatoms. The highest BCUT2D eigenvalue weighted by molar-refractivity contribution is 7.99. The number of nitrogens with zero attached hydrogens (tertiary/aromatic N) is 2. The first-order valence-corrected chi connectivity index (χ1v) is 8.86. The fourth-order valence-corrected chi connectivity index (χ4v) is 4.92. The molecule has 1 aromatic rings. The van der Waals surface area contributed by atoms with E-state index in [0.717, 1.165) is 19.5 Å². The number of aromatic nitrogens is 1. The molecule has 2 aliphatic heterocycles. The summed E-state index contributed by atoms with van der Waals surface area (Å²) in [6.45, 7) is 6.93. The van der Waals surface area contributed by atoms with Crippen LogP contribution in [0.5, 0.6) is 0 Å². The summed E-state index contributed by atoms with van der Waals surface area (Å²) in [7, 11) is 0. The van der Waals surface area contributed by atoms with Crippen LogP contribution in [0.15, 0.2) is 0 Å². The summed E-state index contributed by atoms with van der Waals surface area (Å²) in [5, 5.41) is 4.92. The van der Waals surface area contributed by atoms with Crippen LogP contribution in [0, 0.1) is 0 Å². The second-order valence-corrected chi connectivity index (χ2v) is 7.29. The third kappa shape index (κ3) is 2.74. The molecule has 0 radical (unpaired) electrons. The van der Waals surface area contributed by atoms with Crippen LogP contribution in [0.1, 0.15) is 35.0 Å². The predicted molar refractivity (Wildman–Crippen MR) is 79.5 cm³/mol. The van der Waals surface area contributed by atoms with Crippen LogP contribution >= 0.6 is 23.1 Å². The van der Waals surface area contributed by atoms with E-state index < -0.39 is 0 Å². The standard InChI is InChI=1S/C13H21N3S2/c1-2-5-16-6-3-10-12(8-16)18-13(15-10)11-9-17-7-4-14-11/h11,14H,2-9H2,1H3. The molecule has 1 unspecified atom stereocenters. The second-order valence-electron chi connectivity index (χ2n) is 5.03. The van der Waals surface area contributed by atoms with Gasteiger partial charge < -0.3 is 5.32 Å². The normalized spacial score (nSPS) is 25.1. The number of thioether (sulfide) groups is 1. The molecule has 3 heterocycles. The van der Waals surface area contributed by atoms with Gasteiger partial charge in [0.2, 0.25) is 0 Å². The van der Waals surface area contributed by atoms with Crippen LogP contribution < -0.4 is 5.32 Å². The van der Waals surface area contributed by atoms with Crippen molar-refractivity contribution in [3.05, 3.63) is 15.6 Å². The lowest BCUT2D eigenvalue weighted by Crippen LogP contribution is -2.30. The summed E-state index contributed by atoms with van der Waals surface area (Å²) in [6, 6.07) is 0.499. The smallest absolute Gasteiger partial charge is 0.111 e. The van der Waals surface area contributed by atoms with Crippen LogP contribution in [-0.4, -0.2) is 41.0 Å². The van der Waals surface area contributed by atoms with E-state index in [2.05, 4.69) is 17.1 Å². The molecular weight excluding hydrogens is 262 g/mol. The fourth-order valence-electron chi connectivity index (χ4n) is 2.65. The Labute approximate surface area is 117 Å². The van der Waals surface area contributed by atoms with E-state index in [1.54, 1.807) is 0 Å². The van der Waals surface area contributed by atoms with Crippen molar-refractivity contribution in [2.45, 2.75) is 32.4 Å². The summed E-state index contributed by atoms with van der Waals surface area (Å²) in [6.07, 6.45) is 2.40. The van der Waals surface area contributed by atoms with Crippen molar-refractivity contribution in [3.63, 3.8) is 0 Å². The number of rotatable bonds is 3. The van der Waals surface area contributed by atoms with E-state index in [1.165, 1.54) is 46.6 Å². The Morgan fingerprint density at radius 2 is 2.44 bits per heavy atom. The topological polar surface area (TPSA) is 28.2 Å². The Bertz CT molecular complexity index is 399. The Morgan fingerprint density at radius 3 is 3.22 bits per heavy atom. The minimum absolute atomic E-state index is 0.499. The average Bonchev–Trinajstić information content (AvgIpc) is 2.83. The first kappa shape index (κ1) is 12.9. The van der Waals surface area contributed by atoms with Crippen molar-refractivity contribution in [3.8, 4) is 0 Å². The van der Waals surface area contributed by atoms with Gasteiger partial charge >= 0.3 is 0 Å². The molecule has 1 fully saturated rings. The number of fused-ring (bicyclic) bond motifs is 1. The third-order valence-corrected chi connectivity index (χ3v) is 5.84. The van der Waals surface area contributed by atoms with Crippen molar-refractivity contribution >= 4 is 23.1 Å². The lowest BCUT2D eigenvalue weighted by Gasteiger charge is -2.25. The van der Waals surface area contributed by atoms with Crippen LogP contribution in [0.4, 0.5) is 0 Å². The molecule has 0 aromatic carbocycles. The first-order valence-electron chi connectivity index (χ1n) is 6.88. The summed E-state index contributed by atoms with van der Waals surface area (Å²) in [5.41, 5.74) is 1.37. The summed E-state index contributed by atoms with van der Waals surface area (Å²) in [5.74, 6) is 2.43. The zero-order valence-electron chi connectivity index (χ0n) is 10.9. The van der Waals surface area contributed by atoms with Crippen molar-refractivity contribution in [1.82, 2.24) is 15.2 Å². The van der Waals surface area contributed by atoms with Gasteiger partial charge in [0.05, 0.1) is 11.7 Å². The number of nitrogens with one attached hydrogen (secondary N) is 1. The SMILES string of the molecule is CCCN1CCc2nc(C3CSCCN3)sc2C1. The van der Waals surface area contributed by atoms with Crippen LogP contribution in [0.25, 0.3) is 0 Å². The molecule has 0 bridgehead atoms. The minimum atomic E-state index is 0.499. The molecule has 0 aliphatic carbocycles. The summed E-state index contributed by atoms with van der Waals surface area (Å²) >= 11 is 3.99. The Kier molecular flexibility index (Phi) is 4.23. The maximum Gasteiger partial charge on any atom is 0.111 e. The maximum absolute atomic E-state index is 4.89. The molecule has 0 amide bonds. The van der Waals surface area contributed by atoms with Gasteiger partial charge in [0.1, 0.15) is 5.01 Å². The quantitative estimate of drug-likeness (QED) is 0.921. The monoisotopic (exact) mass is 283 g/mol. The zero-order chi connectivity index (χ0) is 12.4. The largest absolute Gasteiger partial charge is 0.306 e. The molecule has 3 rings (SSSR count). The van der Waals surface area contributed by atoms with Gasteiger partial charge in [-0.05, 0) is 13.0 Å². The van der Waals surface area contributed by atoms with E-state index in [1.807, 2.05) is 23.1 Å². The van der Waals surface area contributed by atoms with E-state index >= 15 is 0 Å². The molecule has 1 aromatic heterocycles. The highest BCUT2D eigenvalue weighted by Crippen LogP contribution is 2.31. The highest BCUT2D eigenvalue weighted by atomic mass is 32.2. The van der Waals surface area contributed by atoms with Gasteiger partial charge in [-0.1, -0.05) is 6.92 Å². The molecule has 3 nitrogen and oxygen atoms in total. The lowest BCUT2D eigenvalue weighted by atomic mass is 10.2.